The predicted octanol–water partition coefficient (Wildman–Crippen LogP) is 3.55. The molecule has 6 heteroatoms. The van der Waals surface area contributed by atoms with E-state index in [4.69, 9.17) is 4.74 Å². The average Bonchev–Trinajstić information content (AvgIpc) is 2.74. The maximum atomic E-state index is 13.1. The smallest absolute Gasteiger partial charge is 0.241 e. The molecule has 152 valence electrons. The van der Waals surface area contributed by atoms with Crippen molar-refractivity contribution in [1.29, 1.82) is 0 Å². The lowest BCUT2D eigenvalue weighted by atomic mass is 9.99. The van der Waals surface area contributed by atoms with E-state index in [9.17, 15) is 8.42 Å². The van der Waals surface area contributed by atoms with Crippen molar-refractivity contribution in [1.82, 2.24) is 9.62 Å². The Balaban J connectivity index is 1.80. The van der Waals surface area contributed by atoms with Gasteiger partial charge in [-0.3, -0.25) is 4.90 Å². The van der Waals surface area contributed by atoms with E-state index in [0.717, 1.165) is 30.6 Å². The van der Waals surface area contributed by atoms with Gasteiger partial charge in [-0.25, -0.2) is 13.1 Å². The summed E-state index contributed by atoms with van der Waals surface area (Å²) in [6, 6.07) is 16.7. The fourth-order valence-electron chi connectivity index (χ4n) is 3.40. The predicted molar refractivity (Wildman–Crippen MR) is 112 cm³/mol. The molecule has 0 amide bonds. The fourth-order valence-corrected chi connectivity index (χ4v) is 4.62. The van der Waals surface area contributed by atoms with Gasteiger partial charge in [-0.05, 0) is 35.6 Å². The first kappa shape index (κ1) is 21.0. The van der Waals surface area contributed by atoms with Crippen LogP contribution in [0.25, 0.3) is 0 Å². The van der Waals surface area contributed by atoms with Crippen molar-refractivity contribution < 1.29 is 13.2 Å². The van der Waals surface area contributed by atoms with Crippen molar-refractivity contribution in [3.05, 3.63) is 65.7 Å². The Morgan fingerprint density at radius 1 is 1.00 bits per heavy atom. The molecule has 0 aromatic heterocycles. The summed E-state index contributed by atoms with van der Waals surface area (Å²) in [5, 5.41) is 0. The standard InChI is InChI=1S/C22H30N2O3S/c1-3-18(2)19-9-11-21(12-10-19)28(25,26)23-22(20-7-5-4-6-8-20)17-24-13-15-27-16-14-24/h4-12,18,22-23H,3,13-17H2,1-2H3/t18-,22+/m0/s1. The Hall–Kier alpha value is -1.73. The monoisotopic (exact) mass is 402 g/mol. The number of nitrogens with zero attached hydrogens (tertiary/aromatic N) is 1. The number of nitrogens with one attached hydrogen (secondary N) is 1. The quantitative estimate of drug-likeness (QED) is 0.734. The van der Waals surface area contributed by atoms with E-state index in [0.29, 0.717) is 30.6 Å². The van der Waals surface area contributed by atoms with Crippen molar-refractivity contribution in [2.45, 2.75) is 37.1 Å². The van der Waals surface area contributed by atoms with Crippen LogP contribution in [0.5, 0.6) is 0 Å². The van der Waals surface area contributed by atoms with Crippen molar-refractivity contribution in [2.75, 3.05) is 32.8 Å². The third-order valence-corrected chi connectivity index (χ3v) is 6.90. The molecule has 1 aliphatic heterocycles. The van der Waals surface area contributed by atoms with Crippen LogP contribution in [-0.2, 0) is 14.8 Å². The van der Waals surface area contributed by atoms with Crippen LogP contribution in [0, 0.1) is 0 Å². The van der Waals surface area contributed by atoms with Crippen LogP contribution in [0.1, 0.15) is 43.4 Å². The molecule has 2 aromatic carbocycles. The van der Waals surface area contributed by atoms with Crippen LogP contribution in [0.4, 0.5) is 0 Å². The lowest BCUT2D eigenvalue weighted by Crippen LogP contribution is -2.43. The first-order chi connectivity index (χ1) is 13.5. The Labute approximate surface area is 168 Å². The molecular formula is C22H30N2O3S. The third-order valence-electron chi connectivity index (χ3n) is 5.42. The van der Waals surface area contributed by atoms with E-state index < -0.39 is 10.0 Å². The van der Waals surface area contributed by atoms with E-state index in [2.05, 4.69) is 23.5 Å². The minimum atomic E-state index is -3.62. The number of sulfonamides is 1. The molecule has 1 aliphatic rings. The summed E-state index contributed by atoms with van der Waals surface area (Å²) in [6.07, 6.45) is 1.03. The molecule has 0 unspecified atom stereocenters. The van der Waals surface area contributed by atoms with Gasteiger partial charge in [0.05, 0.1) is 24.2 Å². The average molecular weight is 403 g/mol. The van der Waals surface area contributed by atoms with Crippen LogP contribution in [0.15, 0.2) is 59.5 Å². The molecule has 0 radical (unpaired) electrons. The number of ether oxygens (including phenoxy) is 1. The zero-order valence-corrected chi connectivity index (χ0v) is 17.5. The van der Waals surface area contributed by atoms with Gasteiger partial charge in [-0.2, -0.15) is 0 Å². The third kappa shape index (κ3) is 5.41. The maximum Gasteiger partial charge on any atom is 0.241 e. The highest BCUT2D eigenvalue weighted by Gasteiger charge is 2.24. The minimum absolute atomic E-state index is 0.307. The van der Waals surface area contributed by atoms with Crippen molar-refractivity contribution in [3.8, 4) is 0 Å². The zero-order valence-electron chi connectivity index (χ0n) is 16.7. The summed E-state index contributed by atoms with van der Waals surface area (Å²) in [6.45, 7) is 7.90. The van der Waals surface area contributed by atoms with Gasteiger partial charge in [0.1, 0.15) is 0 Å². The zero-order chi connectivity index (χ0) is 20.0. The molecule has 0 bridgehead atoms. The summed E-state index contributed by atoms with van der Waals surface area (Å²) in [4.78, 5) is 2.55. The van der Waals surface area contributed by atoms with E-state index >= 15 is 0 Å². The van der Waals surface area contributed by atoms with Gasteiger partial charge in [-0.15, -0.1) is 0 Å². The van der Waals surface area contributed by atoms with Gasteiger partial charge < -0.3 is 4.74 Å². The summed E-state index contributed by atoms with van der Waals surface area (Å²) in [5.41, 5.74) is 2.13. The molecule has 0 spiro atoms. The second kappa shape index (κ2) is 9.65. The molecule has 2 atom stereocenters. The first-order valence-electron chi connectivity index (χ1n) is 9.97. The van der Waals surface area contributed by atoms with Gasteiger partial charge in [0.15, 0.2) is 0 Å². The molecule has 5 nitrogen and oxygen atoms in total. The number of morpholine rings is 1. The van der Waals surface area contributed by atoms with Crippen molar-refractivity contribution in [3.63, 3.8) is 0 Å². The van der Waals surface area contributed by atoms with Crippen LogP contribution in [0.3, 0.4) is 0 Å². The highest BCUT2D eigenvalue weighted by atomic mass is 32.2. The molecule has 0 aliphatic carbocycles. The van der Waals surface area contributed by atoms with E-state index in [-0.39, 0.29) is 6.04 Å². The number of benzene rings is 2. The summed E-state index contributed by atoms with van der Waals surface area (Å²) in [5.74, 6) is 0.420. The second-order valence-electron chi connectivity index (χ2n) is 7.38. The van der Waals surface area contributed by atoms with E-state index in [1.165, 1.54) is 0 Å². The number of hydrogen-bond acceptors (Lipinski definition) is 4. The Bertz CT molecular complexity index is 832. The normalized spacial score (nSPS) is 17.9. The largest absolute Gasteiger partial charge is 0.379 e. The molecule has 0 saturated carbocycles. The fraction of sp³-hybridized carbons (Fsp3) is 0.455. The van der Waals surface area contributed by atoms with Crippen LogP contribution in [-0.4, -0.2) is 46.2 Å². The summed E-state index contributed by atoms with van der Waals surface area (Å²) in [7, 11) is -3.62. The Morgan fingerprint density at radius 2 is 1.64 bits per heavy atom. The van der Waals surface area contributed by atoms with Crippen molar-refractivity contribution >= 4 is 10.0 Å². The second-order valence-corrected chi connectivity index (χ2v) is 9.09. The molecule has 1 fully saturated rings. The SMILES string of the molecule is CC[C@H](C)c1ccc(S(=O)(=O)N[C@H](CN2CCOCC2)c2ccccc2)cc1. The van der Waals surface area contributed by atoms with E-state index in [1.807, 2.05) is 42.5 Å². The van der Waals surface area contributed by atoms with Gasteiger partial charge in [-0.1, -0.05) is 56.3 Å². The lowest BCUT2D eigenvalue weighted by Gasteiger charge is -2.31. The van der Waals surface area contributed by atoms with Crippen LogP contribution >= 0.6 is 0 Å². The topological polar surface area (TPSA) is 58.6 Å². The maximum absolute atomic E-state index is 13.1. The van der Waals surface area contributed by atoms with Gasteiger partial charge >= 0.3 is 0 Å². The van der Waals surface area contributed by atoms with Gasteiger partial charge in [0.25, 0.3) is 0 Å². The number of hydrogen-bond donors (Lipinski definition) is 1. The number of rotatable bonds is 8. The molecule has 1 heterocycles. The Kier molecular flexibility index (Phi) is 7.24. The van der Waals surface area contributed by atoms with Crippen LogP contribution < -0.4 is 4.72 Å². The highest BCUT2D eigenvalue weighted by Crippen LogP contribution is 2.23. The van der Waals surface area contributed by atoms with Crippen molar-refractivity contribution in [2.24, 2.45) is 0 Å². The Morgan fingerprint density at radius 3 is 2.25 bits per heavy atom. The summed E-state index contributed by atoms with van der Waals surface area (Å²) >= 11 is 0. The first-order valence-corrected chi connectivity index (χ1v) is 11.4. The highest BCUT2D eigenvalue weighted by molar-refractivity contribution is 7.89. The molecule has 2 aromatic rings. The molecule has 3 rings (SSSR count). The van der Waals surface area contributed by atoms with Crippen LogP contribution in [0.2, 0.25) is 0 Å². The van der Waals surface area contributed by atoms with Gasteiger partial charge in [0, 0.05) is 19.6 Å². The molecule has 1 N–H and O–H groups in total. The summed E-state index contributed by atoms with van der Waals surface area (Å²) < 4.78 is 34.5. The minimum Gasteiger partial charge on any atom is -0.379 e. The van der Waals surface area contributed by atoms with Gasteiger partial charge in [0.2, 0.25) is 10.0 Å². The van der Waals surface area contributed by atoms with E-state index in [1.54, 1.807) is 12.1 Å². The molecule has 1 saturated heterocycles. The molecule has 28 heavy (non-hydrogen) atoms. The lowest BCUT2D eigenvalue weighted by molar-refractivity contribution is 0.0345. The molecular weight excluding hydrogens is 372 g/mol.